The number of benzene rings is 2. The number of aromatic nitrogens is 10. The molecule has 8 rings (SSSR count). The number of rotatable bonds is 9. The Labute approximate surface area is 312 Å². The Morgan fingerprint density at radius 3 is 1.50 bits per heavy atom. The van der Waals surface area contributed by atoms with Crippen LogP contribution < -0.4 is 0 Å². The first-order chi connectivity index (χ1) is 27.0. The van der Waals surface area contributed by atoms with Gasteiger partial charge in [-0.2, -0.15) is 19.8 Å². The molecular formula is C37H28F6N10O3. The van der Waals surface area contributed by atoms with Crippen molar-refractivity contribution in [3.8, 4) is 45.3 Å². The van der Waals surface area contributed by atoms with Gasteiger partial charge in [0.25, 0.3) is 12.9 Å². The van der Waals surface area contributed by atoms with Crippen molar-refractivity contribution < 1.29 is 41.0 Å². The van der Waals surface area contributed by atoms with Gasteiger partial charge in [0.2, 0.25) is 0 Å². The minimum absolute atomic E-state index is 0.250. The largest absolute Gasteiger partial charge is 0.390 e. The first kappa shape index (κ1) is 38.7. The van der Waals surface area contributed by atoms with Crippen LogP contribution in [0, 0.1) is 18.6 Å². The predicted octanol–water partition coefficient (Wildman–Crippen LogP) is 6.55. The van der Waals surface area contributed by atoms with Crippen LogP contribution in [-0.4, -0.2) is 72.4 Å². The van der Waals surface area contributed by atoms with E-state index in [1.807, 2.05) is 6.92 Å². The summed E-state index contributed by atoms with van der Waals surface area (Å²) in [4.78, 5) is 33.1. The van der Waals surface area contributed by atoms with Crippen molar-refractivity contribution in [2.45, 2.75) is 39.5 Å². The SMILES string of the molecule is Cc1cnc2ccc(-c3c(-c4ccc(F)cc4)ncn3CC(F)F)nn12.O=C=O.OCc1cnc2ccc(-c3c(-c4ccc(F)cc4)ncn3CC(F)F)nn12. The van der Waals surface area contributed by atoms with Crippen LogP contribution in [0.15, 0.2) is 97.8 Å². The van der Waals surface area contributed by atoms with Gasteiger partial charge >= 0.3 is 6.15 Å². The van der Waals surface area contributed by atoms with Crippen molar-refractivity contribution in [1.29, 1.82) is 0 Å². The second-order valence-corrected chi connectivity index (χ2v) is 11.9. The van der Waals surface area contributed by atoms with Crippen LogP contribution >= 0.6 is 0 Å². The third-order valence-corrected chi connectivity index (χ3v) is 8.19. The van der Waals surface area contributed by atoms with E-state index in [1.165, 1.54) is 68.9 Å². The third kappa shape index (κ3) is 8.38. The predicted molar refractivity (Wildman–Crippen MR) is 187 cm³/mol. The zero-order valence-corrected chi connectivity index (χ0v) is 29.0. The number of imidazole rings is 4. The molecule has 0 aliphatic heterocycles. The molecule has 0 unspecified atom stereocenters. The molecule has 6 aromatic heterocycles. The molecule has 13 nitrogen and oxygen atoms in total. The van der Waals surface area contributed by atoms with E-state index in [0.29, 0.717) is 62.3 Å². The smallest absolute Gasteiger partial charge is 0.373 e. The molecule has 6 heterocycles. The van der Waals surface area contributed by atoms with Gasteiger partial charge in [-0.3, -0.25) is 0 Å². The van der Waals surface area contributed by atoms with E-state index >= 15 is 0 Å². The summed E-state index contributed by atoms with van der Waals surface area (Å²) < 4.78 is 84.4. The third-order valence-electron chi connectivity index (χ3n) is 8.19. The number of halogens is 6. The van der Waals surface area contributed by atoms with E-state index in [9.17, 15) is 31.4 Å². The molecule has 0 amide bonds. The Morgan fingerprint density at radius 2 is 1.05 bits per heavy atom. The molecule has 8 aromatic rings. The summed E-state index contributed by atoms with van der Waals surface area (Å²) in [5, 5.41) is 18.4. The van der Waals surface area contributed by atoms with Gasteiger partial charge in [-0.15, -0.1) is 0 Å². The first-order valence-electron chi connectivity index (χ1n) is 16.5. The number of aryl methyl sites for hydroxylation is 1. The number of nitrogens with zero attached hydrogens (tertiary/aromatic N) is 10. The molecule has 0 aliphatic rings. The van der Waals surface area contributed by atoms with Crippen molar-refractivity contribution in [2.75, 3.05) is 0 Å². The number of hydrogen-bond acceptors (Lipinski definition) is 9. The number of carbonyl (C=O) groups excluding carboxylic acids is 2. The Kier molecular flexibility index (Phi) is 11.8. The van der Waals surface area contributed by atoms with Crippen LogP contribution in [0.5, 0.6) is 0 Å². The molecule has 1 N–H and O–H groups in total. The van der Waals surface area contributed by atoms with Crippen LogP contribution in [0.2, 0.25) is 0 Å². The standard InChI is InChI=1S/C18H14F3N5O.C18H14F3N5.CO2/c19-12-3-1-11(2-4-12)17-18(25(10-23-17)8-15(20)21)14-5-6-16-22-7-13(9-27)26(16)24-14;1-11-8-22-16-7-6-14(24-26(11)16)18-17(12-2-4-13(19)5-3-12)23-10-25(18)9-15(20)21;2-1-3/h1-7,10,15,27H,8-9H2;2-8,10,15H,9H2,1H3;. The lowest BCUT2D eigenvalue weighted by Gasteiger charge is -2.10. The van der Waals surface area contributed by atoms with Crippen molar-refractivity contribution in [3.63, 3.8) is 0 Å². The summed E-state index contributed by atoms with van der Waals surface area (Å²) in [5.41, 5.74) is 6.24. The molecule has 2 aromatic carbocycles. The molecule has 0 bridgehead atoms. The maximum Gasteiger partial charge on any atom is 0.373 e. The molecule has 0 spiro atoms. The lowest BCUT2D eigenvalue weighted by Crippen LogP contribution is -2.09. The fourth-order valence-corrected chi connectivity index (χ4v) is 5.78. The molecule has 0 saturated heterocycles. The van der Waals surface area contributed by atoms with E-state index in [4.69, 9.17) is 9.59 Å². The normalized spacial score (nSPS) is 11.1. The molecular weight excluding hydrogens is 746 g/mol. The van der Waals surface area contributed by atoms with Crippen LogP contribution in [0.25, 0.3) is 56.6 Å². The topological polar surface area (TPSA) is 150 Å². The van der Waals surface area contributed by atoms with E-state index < -0.39 is 31.8 Å². The maximum absolute atomic E-state index is 13.3. The summed E-state index contributed by atoms with van der Waals surface area (Å²) in [7, 11) is 0. The Bertz CT molecular complexity index is 2610. The van der Waals surface area contributed by atoms with Crippen LogP contribution in [0.1, 0.15) is 11.4 Å². The highest BCUT2D eigenvalue weighted by Gasteiger charge is 2.21. The summed E-state index contributed by atoms with van der Waals surface area (Å²) in [6.45, 7) is 0.527. The maximum atomic E-state index is 13.3. The summed E-state index contributed by atoms with van der Waals surface area (Å²) in [6.07, 6.45) is 0.971. The summed E-state index contributed by atoms with van der Waals surface area (Å²) >= 11 is 0. The van der Waals surface area contributed by atoms with E-state index in [0.717, 1.165) is 5.69 Å². The van der Waals surface area contributed by atoms with Crippen LogP contribution in [0.4, 0.5) is 26.3 Å². The second kappa shape index (κ2) is 17.0. The van der Waals surface area contributed by atoms with Gasteiger partial charge in [-0.1, -0.05) is 0 Å². The van der Waals surface area contributed by atoms with Crippen molar-refractivity contribution in [3.05, 3.63) is 121 Å². The molecule has 0 aliphatic carbocycles. The average molecular weight is 775 g/mol. The van der Waals surface area contributed by atoms with Gasteiger partial charge in [0, 0.05) is 11.1 Å². The zero-order valence-electron chi connectivity index (χ0n) is 29.0. The molecule has 0 fully saturated rings. The number of aliphatic hydroxyl groups excluding tert-OH is 1. The van der Waals surface area contributed by atoms with E-state index in [2.05, 4.69) is 30.1 Å². The van der Waals surface area contributed by atoms with Crippen LogP contribution in [0.3, 0.4) is 0 Å². The molecule has 56 heavy (non-hydrogen) atoms. The van der Waals surface area contributed by atoms with Gasteiger partial charge < -0.3 is 14.2 Å². The summed E-state index contributed by atoms with van der Waals surface area (Å²) in [6, 6.07) is 18.2. The van der Waals surface area contributed by atoms with Crippen molar-refractivity contribution in [2.24, 2.45) is 0 Å². The number of hydrogen-bond donors (Lipinski definition) is 1. The van der Waals surface area contributed by atoms with Crippen LogP contribution in [-0.2, 0) is 29.3 Å². The van der Waals surface area contributed by atoms with Gasteiger partial charge in [0.05, 0.1) is 78.9 Å². The zero-order chi connectivity index (χ0) is 39.9. The fourth-order valence-electron chi connectivity index (χ4n) is 5.78. The lowest BCUT2D eigenvalue weighted by molar-refractivity contribution is -0.191. The monoisotopic (exact) mass is 774 g/mol. The number of alkyl halides is 4. The minimum atomic E-state index is -2.58. The average Bonchev–Trinajstić information content (AvgIpc) is 3.98. The highest BCUT2D eigenvalue weighted by Crippen LogP contribution is 2.32. The van der Waals surface area contributed by atoms with Gasteiger partial charge in [0.1, 0.15) is 23.0 Å². The highest BCUT2D eigenvalue weighted by atomic mass is 19.3. The summed E-state index contributed by atoms with van der Waals surface area (Å²) in [5.74, 6) is -0.784. The molecule has 286 valence electrons. The molecule has 0 saturated carbocycles. The number of fused-ring (bicyclic) bond motifs is 2. The van der Waals surface area contributed by atoms with Crippen molar-refractivity contribution >= 4 is 17.4 Å². The first-order valence-corrected chi connectivity index (χ1v) is 16.5. The lowest BCUT2D eigenvalue weighted by atomic mass is 10.1. The van der Waals surface area contributed by atoms with Gasteiger partial charge in [-0.05, 0) is 79.7 Å². The second-order valence-electron chi connectivity index (χ2n) is 11.9. The quantitative estimate of drug-likeness (QED) is 0.161. The molecule has 0 radical (unpaired) electrons. The van der Waals surface area contributed by atoms with Gasteiger partial charge in [0.15, 0.2) is 11.3 Å². The Balaban J connectivity index is 0.000000178. The molecule has 0 atom stereocenters. The Hall–Kier alpha value is -6.98. The van der Waals surface area contributed by atoms with Crippen molar-refractivity contribution in [1.82, 2.24) is 48.3 Å². The van der Waals surface area contributed by atoms with E-state index in [1.54, 1.807) is 47.1 Å². The van der Waals surface area contributed by atoms with Gasteiger partial charge in [-0.25, -0.2) is 55.3 Å². The molecule has 19 heteroatoms. The van der Waals surface area contributed by atoms with E-state index in [-0.39, 0.29) is 18.6 Å². The number of aliphatic hydroxyl groups is 1. The minimum Gasteiger partial charge on any atom is -0.390 e. The fraction of sp³-hybridized carbons (Fsp3) is 0.162. The highest BCUT2D eigenvalue weighted by molar-refractivity contribution is 5.78. The Morgan fingerprint density at radius 1 is 0.625 bits per heavy atom.